The highest BCUT2D eigenvalue weighted by Crippen LogP contribution is 2.30. The summed E-state index contributed by atoms with van der Waals surface area (Å²) in [6.07, 6.45) is -0.712. The molecule has 150 valence electrons. The Morgan fingerprint density at radius 2 is 1.79 bits per heavy atom. The van der Waals surface area contributed by atoms with Crippen molar-refractivity contribution >= 4 is 0 Å². The molecule has 1 aromatic carbocycles. The molecule has 4 nitrogen and oxygen atoms in total. The van der Waals surface area contributed by atoms with Crippen LogP contribution in [0.25, 0.3) is 0 Å². The van der Waals surface area contributed by atoms with Crippen LogP contribution in [0, 0.1) is 17.5 Å². The lowest BCUT2D eigenvalue weighted by atomic mass is 10.1. The number of aryl methyl sites for hydroxylation is 1. The first-order valence-corrected chi connectivity index (χ1v) is 8.40. The second-order valence-electron chi connectivity index (χ2n) is 6.30. The lowest BCUT2D eigenvalue weighted by molar-refractivity contribution is -0.147. The topological polar surface area (TPSA) is 34.0 Å². The number of fused-ring (bicyclic) bond motifs is 1. The normalized spacial score (nSPS) is 14.6. The van der Waals surface area contributed by atoms with Gasteiger partial charge < -0.3 is 9.47 Å². The highest BCUT2D eigenvalue weighted by molar-refractivity contribution is 5.21. The van der Waals surface area contributed by atoms with Crippen LogP contribution in [0.5, 0.6) is 0 Å². The number of halogens is 6. The smallest absolute Gasteiger partial charge is 0.363 e. The maximum absolute atomic E-state index is 13.6. The molecule has 1 aromatic heterocycles. The molecule has 10 heteroatoms. The Morgan fingerprint density at radius 3 is 2.50 bits per heavy atom. The fraction of sp³-hybridized carbons (Fsp3) is 0.333. The summed E-state index contributed by atoms with van der Waals surface area (Å²) in [6.45, 7) is 4.37. The number of nitrogens with zero attached hydrogens (tertiary/aromatic N) is 4. The first kappa shape index (κ1) is 20.0. The number of alkyl halides is 3. The molecular formula is C18H16F6N4. The van der Waals surface area contributed by atoms with Gasteiger partial charge in [-0.05, 0) is 30.5 Å². The largest absolute Gasteiger partial charge is 0.451 e. The van der Waals surface area contributed by atoms with E-state index in [1.165, 1.54) is 0 Å². The Kier molecular flexibility index (Phi) is 5.48. The molecule has 0 unspecified atom stereocenters. The molecule has 0 atom stereocenters. The van der Waals surface area contributed by atoms with Crippen LogP contribution in [-0.2, 0) is 25.7 Å². The number of aromatic nitrogens is 3. The minimum absolute atomic E-state index is 0.0555. The van der Waals surface area contributed by atoms with Gasteiger partial charge in [0.05, 0.1) is 6.54 Å². The first-order chi connectivity index (χ1) is 13.2. The predicted octanol–water partition coefficient (Wildman–Crippen LogP) is 4.23. The van der Waals surface area contributed by atoms with Crippen molar-refractivity contribution in [2.24, 2.45) is 0 Å². The van der Waals surface area contributed by atoms with Crippen LogP contribution in [-0.4, -0.2) is 26.2 Å². The lowest BCUT2D eigenvalue weighted by Gasteiger charge is -2.30. The van der Waals surface area contributed by atoms with E-state index in [9.17, 15) is 26.3 Å². The highest BCUT2D eigenvalue weighted by atomic mass is 19.4. The second-order valence-corrected chi connectivity index (χ2v) is 6.30. The highest BCUT2D eigenvalue weighted by Gasteiger charge is 2.39. The Morgan fingerprint density at radius 1 is 1.07 bits per heavy atom. The zero-order valence-corrected chi connectivity index (χ0v) is 14.6. The molecule has 0 amide bonds. The van der Waals surface area contributed by atoms with Gasteiger partial charge in [-0.2, -0.15) is 13.2 Å². The maximum Gasteiger partial charge on any atom is 0.451 e. The Bertz CT molecular complexity index is 916. The monoisotopic (exact) mass is 402 g/mol. The summed E-state index contributed by atoms with van der Waals surface area (Å²) in [5.41, 5.74) is 0.605. The number of hydrogen-bond donors (Lipinski definition) is 0. The van der Waals surface area contributed by atoms with Gasteiger partial charge in [0.1, 0.15) is 5.82 Å². The standard InChI is InChI=1S/C18H16F6N4/c1-11(4-2-3-5-12-8-14(20)15(21)9-13(12)19)27-6-7-28-16(10-27)25-26-17(28)18(22,23)24/h2,4,8-9H,1,3,5-7,10H2/b4-2+. The number of rotatable bonds is 5. The van der Waals surface area contributed by atoms with Crippen molar-refractivity contribution < 1.29 is 26.3 Å². The summed E-state index contributed by atoms with van der Waals surface area (Å²) in [4.78, 5) is 1.75. The molecule has 2 aromatic rings. The van der Waals surface area contributed by atoms with Crippen molar-refractivity contribution in [3.8, 4) is 0 Å². The van der Waals surface area contributed by atoms with Gasteiger partial charge in [-0.25, -0.2) is 13.2 Å². The zero-order valence-electron chi connectivity index (χ0n) is 14.6. The van der Waals surface area contributed by atoms with Gasteiger partial charge in [0.15, 0.2) is 17.5 Å². The number of allylic oxidation sites excluding steroid dienone is 2. The van der Waals surface area contributed by atoms with Gasteiger partial charge in [0, 0.05) is 24.9 Å². The van der Waals surface area contributed by atoms with E-state index in [0.717, 1.165) is 10.6 Å². The molecule has 0 spiro atoms. The molecule has 0 saturated carbocycles. The summed E-state index contributed by atoms with van der Waals surface area (Å²) >= 11 is 0. The summed E-state index contributed by atoms with van der Waals surface area (Å²) in [5, 5.41) is 6.81. The van der Waals surface area contributed by atoms with Gasteiger partial charge in [-0.15, -0.1) is 10.2 Å². The molecule has 0 saturated heterocycles. The van der Waals surface area contributed by atoms with Crippen molar-refractivity contribution in [3.63, 3.8) is 0 Å². The summed E-state index contributed by atoms with van der Waals surface area (Å²) in [7, 11) is 0. The van der Waals surface area contributed by atoms with Crippen molar-refractivity contribution in [2.45, 2.75) is 32.1 Å². The van der Waals surface area contributed by atoms with Crippen LogP contribution < -0.4 is 0 Å². The van der Waals surface area contributed by atoms with Crippen LogP contribution in [0.15, 0.2) is 36.6 Å². The number of hydrogen-bond acceptors (Lipinski definition) is 3. The van der Waals surface area contributed by atoms with Crippen molar-refractivity contribution in [1.29, 1.82) is 0 Å². The third-order valence-electron chi connectivity index (χ3n) is 4.39. The van der Waals surface area contributed by atoms with Crippen LogP contribution in [0.3, 0.4) is 0 Å². The molecule has 1 aliphatic rings. The van der Waals surface area contributed by atoms with E-state index in [1.807, 2.05) is 0 Å². The van der Waals surface area contributed by atoms with Gasteiger partial charge in [-0.3, -0.25) is 0 Å². The summed E-state index contributed by atoms with van der Waals surface area (Å²) in [6, 6.07) is 1.33. The van der Waals surface area contributed by atoms with Crippen LogP contribution >= 0.6 is 0 Å². The molecular weight excluding hydrogens is 386 g/mol. The molecule has 0 radical (unpaired) electrons. The minimum atomic E-state index is -4.56. The van der Waals surface area contributed by atoms with Crippen LogP contribution in [0.2, 0.25) is 0 Å². The minimum Gasteiger partial charge on any atom is -0.363 e. The summed E-state index contributed by atoms with van der Waals surface area (Å²) < 4.78 is 79.3. The fourth-order valence-electron chi connectivity index (χ4n) is 2.93. The van der Waals surface area contributed by atoms with Crippen LogP contribution in [0.1, 0.15) is 23.6 Å². The van der Waals surface area contributed by atoms with Crippen molar-refractivity contribution in [2.75, 3.05) is 6.54 Å². The van der Waals surface area contributed by atoms with E-state index in [0.29, 0.717) is 24.7 Å². The van der Waals surface area contributed by atoms with E-state index >= 15 is 0 Å². The molecule has 0 fully saturated rings. The van der Waals surface area contributed by atoms with Crippen molar-refractivity contribution in [1.82, 2.24) is 19.7 Å². The first-order valence-electron chi connectivity index (χ1n) is 8.40. The zero-order chi connectivity index (χ0) is 20.5. The van der Waals surface area contributed by atoms with Gasteiger partial charge in [-0.1, -0.05) is 12.7 Å². The molecule has 0 aliphatic carbocycles. The number of benzene rings is 1. The second kappa shape index (κ2) is 7.69. The maximum atomic E-state index is 13.6. The molecule has 28 heavy (non-hydrogen) atoms. The Hall–Kier alpha value is -2.78. The SMILES string of the molecule is C=C(/C=C/CCc1cc(F)c(F)cc1F)N1CCn2c(nnc2C(F)(F)F)C1. The predicted molar refractivity (Wildman–Crippen MR) is 88.4 cm³/mol. The Labute approximate surface area is 156 Å². The van der Waals surface area contributed by atoms with Gasteiger partial charge in [0.25, 0.3) is 0 Å². The third kappa shape index (κ3) is 4.20. The summed E-state index contributed by atoms with van der Waals surface area (Å²) in [5.74, 6) is -3.99. The van der Waals surface area contributed by atoms with Gasteiger partial charge >= 0.3 is 6.18 Å². The molecule has 2 heterocycles. The van der Waals surface area contributed by atoms with Gasteiger partial charge in [0.2, 0.25) is 5.82 Å². The van der Waals surface area contributed by atoms with E-state index in [1.54, 1.807) is 17.1 Å². The molecule has 3 rings (SSSR count). The molecule has 0 bridgehead atoms. The average molecular weight is 402 g/mol. The van der Waals surface area contributed by atoms with E-state index in [4.69, 9.17) is 0 Å². The molecule has 0 N–H and O–H groups in total. The lowest BCUT2D eigenvalue weighted by Crippen LogP contribution is -2.34. The fourth-order valence-corrected chi connectivity index (χ4v) is 2.93. The Balaban J connectivity index is 1.57. The van der Waals surface area contributed by atoms with E-state index in [-0.39, 0.29) is 30.9 Å². The average Bonchev–Trinajstić information content (AvgIpc) is 3.06. The van der Waals surface area contributed by atoms with E-state index in [2.05, 4.69) is 16.8 Å². The van der Waals surface area contributed by atoms with Crippen LogP contribution in [0.4, 0.5) is 26.3 Å². The van der Waals surface area contributed by atoms with E-state index < -0.39 is 29.5 Å². The molecule has 1 aliphatic heterocycles. The quantitative estimate of drug-likeness (QED) is 0.426. The third-order valence-corrected chi connectivity index (χ3v) is 4.39. The van der Waals surface area contributed by atoms with Crippen molar-refractivity contribution in [3.05, 3.63) is 71.2 Å².